The summed E-state index contributed by atoms with van der Waals surface area (Å²) < 4.78 is 31.5. The second kappa shape index (κ2) is 10.1. The Labute approximate surface area is 162 Å². The first kappa shape index (κ1) is 20.9. The molecular weight excluding hydrogens is 384 g/mol. The number of para-hydroxylation sites is 1. The molecule has 9 nitrogen and oxygen atoms in total. The molecule has 0 aliphatic heterocycles. The van der Waals surface area contributed by atoms with Gasteiger partial charge in [-0.2, -0.15) is 5.26 Å². The van der Waals surface area contributed by atoms with Gasteiger partial charge in [-0.15, -0.1) is 0 Å². The Morgan fingerprint density at radius 3 is 2.32 bits per heavy atom. The van der Waals surface area contributed by atoms with Crippen molar-refractivity contribution in [2.75, 3.05) is 13.2 Å². The number of amides is 2. The molecule has 3 N–H and O–H groups in total. The summed E-state index contributed by atoms with van der Waals surface area (Å²) in [7, 11) is -3.70. The van der Waals surface area contributed by atoms with Crippen molar-refractivity contribution in [3.63, 3.8) is 0 Å². The van der Waals surface area contributed by atoms with Crippen LogP contribution in [0.15, 0.2) is 59.5 Å². The molecule has 2 rings (SSSR count). The molecule has 28 heavy (non-hydrogen) atoms. The number of hydrazine groups is 1. The first-order valence-electron chi connectivity index (χ1n) is 8.16. The zero-order valence-electron chi connectivity index (χ0n) is 14.7. The minimum Gasteiger partial charge on any atom is -0.482 e. The number of ether oxygens (including phenoxy) is 1. The highest BCUT2D eigenvalue weighted by Crippen LogP contribution is 2.16. The van der Waals surface area contributed by atoms with E-state index in [1.165, 1.54) is 12.1 Å². The number of hydrogen-bond donors (Lipinski definition) is 3. The highest BCUT2D eigenvalue weighted by Gasteiger charge is 2.13. The molecule has 0 unspecified atom stereocenters. The van der Waals surface area contributed by atoms with Crippen molar-refractivity contribution in [1.29, 1.82) is 5.26 Å². The van der Waals surface area contributed by atoms with Crippen LogP contribution in [0.2, 0.25) is 0 Å². The molecule has 0 bridgehead atoms. The number of nitrogens with zero attached hydrogens (tertiary/aromatic N) is 1. The topological polar surface area (TPSA) is 137 Å². The molecule has 0 aliphatic rings. The van der Waals surface area contributed by atoms with E-state index in [2.05, 4.69) is 15.6 Å². The third kappa shape index (κ3) is 6.39. The molecule has 0 atom stereocenters. The minimum atomic E-state index is -3.70. The zero-order valence-corrected chi connectivity index (χ0v) is 15.5. The Morgan fingerprint density at radius 1 is 0.964 bits per heavy atom. The Bertz CT molecular complexity index is 971. The molecule has 0 aromatic heterocycles. The highest BCUT2D eigenvalue weighted by atomic mass is 32.2. The van der Waals surface area contributed by atoms with Gasteiger partial charge >= 0.3 is 0 Å². The van der Waals surface area contributed by atoms with Gasteiger partial charge in [0.1, 0.15) is 11.8 Å². The summed E-state index contributed by atoms with van der Waals surface area (Å²) in [6.07, 6.45) is -0.176. The van der Waals surface area contributed by atoms with Crippen LogP contribution in [0.1, 0.15) is 12.0 Å². The van der Waals surface area contributed by atoms with Crippen molar-refractivity contribution in [2.24, 2.45) is 0 Å². The zero-order chi connectivity index (χ0) is 20.4. The second-order valence-electron chi connectivity index (χ2n) is 5.45. The summed E-state index contributed by atoms with van der Waals surface area (Å²) in [5.74, 6) is -0.964. The maximum atomic E-state index is 12.0. The lowest BCUT2D eigenvalue weighted by Gasteiger charge is -2.10. The Kier molecular flexibility index (Phi) is 7.50. The molecule has 0 saturated carbocycles. The number of carbonyl (C=O) groups excluding carboxylic acids is 2. The molecule has 0 aliphatic carbocycles. The van der Waals surface area contributed by atoms with Crippen LogP contribution in [-0.4, -0.2) is 33.4 Å². The molecule has 0 heterocycles. The van der Waals surface area contributed by atoms with Crippen molar-refractivity contribution in [2.45, 2.75) is 11.3 Å². The molecule has 10 heteroatoms. The van der Waals surface area contributed by atoms with Crippen LogP contribution in [0.5, 0.6) is 5.75 Å². The fourth-order valence-electron chi connectivity index (χ4n) is 2.05. The van der Waals surface area contributed by atoms with Crippen molar-refractivity contribution >= 4 is 21.8 Å². The van der Waals surface area contributed by atoms with Gasteiger partial charge in [-0.3, -0.25) is 20.4 Å². The number of rotatable bonds is 8. The van der Waals surface area contributed by atoms with Gasteiger partial charge < -0.3 is 4.74 Å². The van der Waals surface area contributed by atoms with E-state index in [4.69, 9.17) is 10.00 Å². The van der Waals surface area contributed by atoms with Crippen LogP contribution in [0, 0.1) is 11.3 Å². The molecule has 2 aromatic carbocycles. The highest BCUT2D eigenvalue weighted by molar-refractivity contribution is 7.89. The second-order valence-corrected chi connectivity index (χ2v) is 7.22. The maximum absolute atomic E-state index is 12.0. The van der Waals surface area contributed by atoms with E-state index in [1.807, 2.05) is 6.07 Å². The number of nitriles is 1. The minimum absolute atomic E-state index is 0.0958. The molecule has 2 aromatic rings. The summed E-state index contributed by atoms with van der Waals surface area (Å²) in [5.41, 5.74) is 4.58. The molecule has 0 saturated heterocycles. The standard InChI is InChI=1S/C18H18N4O5S/c19-12-14-6-4-5-9-16(14)27-13-18(24)22-21-17(23)10-11-20-28(25,26)15-7-2-1-3-8-15/h1-9,20H,10-11,13H2,(H,21,23)(H,22,24). The van der Waals surface area contributed by atoms with E-state index < -0.39 is 28.4 Å². The van der Waals surface area contributed by atoms with Gasteiger partial charge in [0, 0.05) is 13.0 Å². The normalized spacial score (nSPS) is 10.5. The Balaban J connectivity index is 1.69. The average Bonchev–Trinajstić information content (AvgIpc) is 2.71. The largest absolute Gasteiger partial charge is 0.482 e. The van der Waals surface area contributed by atoms with E-state index in [9.17, 15) is 18.0 Å². The van der Waals surface area contributed by atoms with Crippen molar-refractivity contribution in [1.82, 2.24) is 15.6 Å². The third-order valence-corrected chi connectivity index (χ3v) is 4.88. The lowest BCUT2D eigenvalue weighted by molar-refractivity contribution is -0.129. The molecule has 2 amide bonds. The predicted octanol–water partition coefficient (Wildman–Crippen LogP) is 0.453. The number of carbonyl (C=O) groups is 2. The fraction of sp³-hybridized carbons (Fsp3) is 0.167. The lowest BCUT2D eigenvalue weighted by atomic mass is 10.2. The van der Waals surface area contributed by atoms with Crippen LogP contribution in [0.25, 0.3) is 0 Å². The number of sulfonamides is 1. The van der Waals surface area contributed by atoms with Crippen LogP contribution in [0.4, 0.5) is 0 Å². The number of hydrogen-bond acceptors (Lipinski definition) is 6. The van der Waals surface area contributed by atoms with Gasteiger partial charge in [-0.1, -0.05) is 30.3 Å². The Hall–Kier alpha value is -3.42. The van der Waals surface area contributed by atoms with E-state index in [0.29, 0.717) is 0 Å². The van der Waals surface area contributed by atoms with E-state index in [-0.39, 0.29) is 29.2 Å². The first-order valence-corrected chi connectivity index (χ1v) is 9.65. The quantitative estimate of drug-likeness (QED) is 0.548. The smallest absolute Gasteiger partial charge is 0.276 e. The van der Waals surface area contributed by atoms with Gasteiger partial charge in [0.2, 0.25) is 15.9 Å². The summed E-state index contributed by atoms with van der Waals surface area (Å²) in [6.45, 7) is -0.537. The third-order valence-electron chi connectivity index (χ3n) is 3.41. The summed E-state index contributed by atoms with van der Waals surface area (Å²) in [5, 5.41) is 8.94. The van der Waals surface area contributed by atoms with E-state index in [1.54, 1.807) is 42.5 Å². The maximum Gasteiger partial charge on any atom is 0.276 e. The number of nitrogens with one attached hydrogen (secondary N) is 3. The van der Waals surface area contributed by atoms with Crippen LogP contribution in [0.3, 0.4) is 0 Å². The van der Waals surface area contributed by atoms with Gasteiger partial charge in [0.25, 0.3) is 5.91 Å². The average molecular weight is 402 g/mol. The molecule has 0 spiro atoms. The molecule has 0 fully saturated rings. The number of benzene rings is 2. The van der Waals surface area contributed by atoms with Crippen LogP contribution < -0.4 is 20.3 Å². The van der Waals surface area contributed by atoms with Crippen LogP contribution in [-0.2, 0) is 19.6 Å². The fourth-order valence-corrected chi connectivity index (χ4v) is 3.10. The predicted molar refractivity (Wildman–Crippen MR) is 99.2 cm³/mol. The van der Waals surface area contributed by atoms with E-state index in [0.717, 1.165) is 0 Å². The Morgan fingerprint density at radius 2 is 1.61 bits per heavy atom. The summed E-state index contributed by atoms with van der Waals surface area (Å²) >= 11 is 0. The van der Waals surface area contributed by atoms with Crippen LogP contribution >= 0.6 is 0 Å². The molecular formula is C18H18N4O5S. The molecule has 0 radical (unpaired) electrons. The van der Waals surface area contributed by atoms with Crippen molar-refractivity contribution in [3.8, 4) is 11.8 Å². The van der Waals surface area contributed by atoms with Gasteiger partial charge in [0.15, 0.2) is 6.61 Å². The summed E-state index contributed by atoms with van der Waals surface area (Å²) in [4.78, 5) is 23.5. The lowest BCUT2D eigenvalue weighted by Crippen LogP contribution is -2.44. The van der Waals surface area contributed by atoms with E-state index >= 15 is 0 Å². The van der Waals surface area contributed by atoms with Gasteiger partial charge in [-0.05, 0) is 24.3 Å². The van der Waals surface area contributed by atoms with Crippen molar-refractivity contribution in [3.05, 3.63) is 60.2 Å². The monoisotopic (exact) mass is 402 g/mol. The van der Waals surface area contributed by atoms with Crippen molar-refractivity contribution < 1.29 is 22.7 Å². The van der Waals surface area contributed by atoms with Gasteiger partial charge in [0.05, 0.1) is 10.5 Å². The first-order chi connectivity index (χ1) is 13.4. The molecule has 146 valence electrons. The van der Waals surface area contributed by atoms with Gasteiger partial charge in [-0.25, -0.2) is 13.1 Å². The SMILES string of the molecule is N#Cc1ccccc1OCC(=O)NNC(=O)CCNS(=O)(=O)c1ccccc1. The summed E-state index contributed by atoms with van der Waals surface area (Å²) in [6, 6.07) is 16.1.